The van der Waals surface area contributed by atoms with Crippen LogP contribution >= 0.6 is 0 Å². The molecule has 36 heavy (non-hydrogen) atoms. The second-order valence-corrected chi connectivity index (χ2v) is 13.0. The lowest BCUT2D eigenvalue weighted by molar-refractivity contribution is -0.118. The molecule has 0 aromatic carbocycles. The van der Waals surface area contributed by atoms with Crippen LogP contribution in [0.5, 0.6) is 0 Å². The fourth-order valence-corrected chi connectivity index (χ4v) is 8.60. The van der Waals surface area contributed by atoms with Crippen LogP contribution in [0.1, 0.15) is 136 Å². The standard InChI is InChI=1S/C32H52O4/c1-4-5-6-7-8-9-10-11-12-13-22-35-30(34)36-29-17-16-27-26-15-14-24-23-25(33)18-20-31(24,2)28(26)19-21-32(27,29)3/h23,26-29H,4-22H2,1-3H3. The summed E-state index contributed by atoms with van der Waals surface area (Å²) in [6.07, 6.45) is 22.7. The van der Waals surface area contributed by atoms with E-state index in [2.05, 4.69) is 20.8 Å². The monoisotopic (exact) mass is 500 g/mol. The van der Waals surface area contributed by atoms with Gasteiger partial charge in [0, 0.05) is 11.8 Å². The largest absolute Gasteiger partial charge is 0.508 e. The van der Waals surface area contributed by atoms with Crippen molar-refractivity contribution in [2.75, 3.05) is 6.61 Å². The Balaban J connectivity index is 1.17. The van der Waals surface area contributed by atoms with Gasteiger partial charge in [0.1, 0.15) is 6.10 Å². The van der Waals surface area contributed by atoms with Gasteiger partial charge in [-0.25, -0.2) is 4.79 Å². The first-order valence-corrected chi connectivity index (χ1v) is 15.5. The number of carbonyl (C=O) groups is 2. The summed E-state index contributed by atoms with van der Waals surface area (Å²) in [5.41, 5.74) is 1.69. The smallest absolute Gasteiger partial charge is 0.434 e. The number of unbranched alkanes of at least 4 members (excludes halogenated alkanes) is 9. The van der Waals surface area contributed by atoms with Crippen molar-refractivity contribution in [3.8, 4) is 0 Å². The molecule has 0 N–H and O–H groups in total. The van der Waals surface area contributed by atoms with Crippen molar-refractivity contribution in [1.82, 2.24) is 0 Å². The topological polar surface area (TPSA) is 52.6 Å². The van der Waals surface area contributed by atoms with Crippen molar-refractivity contribution in [2.24, 2.45) is 28.6 Å². The van der Waals surface area contributed by atoms with Crippen molar-refractivity contribution in [3.05, 3.63) is 11.6 Å². The lowest BCUT2D eigenvalue weighted by Crippen LogP contribution is -2.51. The Kier molecular flexibility index (Phi) is 9.61. The van der Waals surface area contributed by atoms with Crippen LogP contribution in [0.3, 0.4) is 0 Å². The first-order chi connectivity index (χ1) is 17.4. The summed E-state index contributed by atoms with van der Waals surface area (Å²) in [5.74, 6) is 2.31. The quantitative estimate of drug-likeness (QED) is 0.198. The van der Waals surface area contributed by atoms with E-state index in [1.165, 1.54) is 69.8 Å². The number of ketones is 1. The zero-order valence-corrected chi connectivity index (χ0v) is 23.5. The van der Waals surface area contributed by atoms with Gasteiger partial charge < -0.3 is 9.47 Å². The lowest BCUT2D eigenvalue weighted by atomic mass is 9.47. The molecule has 4 nitrogen and oxygen atoms in total. The molecule has 0 aliphatic heterocycles. The summed E-state index contributed by atoms with van der Waals surface area (Å²) < 4.78 is 11.5. The lowest BCUT2D eigenvalue weighted by Gasteiger charge is -2.57. The van der Waals surface area contributed by atoms with E-state index >= 15 is 0 Å². The Bertz CT molecular complexity index is 787. The zero-order valence-electron chi connectivity index (χ0n) is 23.5. The molecule has 6 atom stereocenters. The van der Waals surface area contributed by atoms with Crippen LogP contribution < -0.4 is 0 Å². The molecular weight excluding hydrogens is 448 g/mol. The summed E-state index contributed by atoms with van der Waals surface area (Å²) in [7, 11) is 0. The molecule has 0 saturated heterocycles. The number of hydrogen-bond acceptors (Lipinski definition) is 4. The third-order valence-electron chi connectivity index (χ3n) is 10.8. The van der Waals surface area contributed by atoms with Gasteiger partial charge in [-0.1, -0.05) is 84.1 Å². The zero-order chi connectivity index (χ0) is 25.6. The highest BCUT2D eigenvalue weighted by atomic mass is 16.7. The molecule has 0 radical (unpaired) electrons. The van der Waals surface area contributed by atoms with Gasteiger partial charge in [0.25, 0.3) is 0 Å². The van der Waals surface area contributed by atoms with Gasteiger partial charge in [-0.15, -0.1) is 0 Å². The summed E-state index contributed by atoms with van der Waals surface area (Å²) in [5, 5.41) is 0. The molecule has 4 aliphatic carbocycles. The molecule has 4 heteroatoms. The molecule has 0 bridgehead atoms. The average molecular weight is 501 g/mol. The van der Waals surface area contributed by atoms with Crippen molar-refractivity contribution in [3.63, 3.8) is 0 Å². The third-order valence-corrected chi connectivity index (χ3v) is 10.8. The SMILES string of the molecule is CCCCCCCCCCCCOC(=O)OC1CCC2C3CCC4=CC(=O)CCC4(C)C3CCC12C. The van der Waals surface area contributed by atoms with Gasteiger partial charge in [-0.2, -0.15) is 0 Å². The second-order valence-electron chi connectivity index (χ2n) is 13.0. The maximum absolute atomic E-state index is 12.5. The van der Waals surface area contributed by atoms with E-state index in [9.17, 15) is 9.59 Å². The highest BCUT2D eigenvalue weighted by Gasteiger charge is 2.60. The molecular formula is C32H52O4. The number of fused-ring (bicyclic) bond motifs is 5. The minimum absolute atomic E-state index is 0.0127. The van der Waals surface area contributed by atoms with Crippen LogP contribution in [0.4, 0.5) is 4.79 Å². The van der Waals surface area contributed by atoms with Gasteiger partial charge in [0.05, 0.1) is 6.61 Å². The highest BCUT2D eigenvalue weighted by Crippen LogP contribution is 2.65. The summed E-state index contributed by atoms with van der Waals surface area (Å²) >= 11 is 0. The van der Waals surface area contributed by atoms with E-state index < -0.39 is 6.16 Å². The maximum atomic E-state index is 12.5. The van der Waals surface area contributed by atoms with Crippen LogP contribution in [0.25, 0.3) is 0 Å². The second kappa shape index (κ2) is 12.5. The minimum Gasteiger partial charge on any atom is -0.434 e. The predicted octanol–water partition coefficient (Wildman–Crippen LogP) is 8.96. The van der Waals surface area contributed by atoms with Gasteiger partial charge in [0.2, 0.25) is 0 Å². The highest BCUT2D eigenvalue weighted by molar-refractivity contribution is 5.91. The summed E-state index contributed by atoms with van der Waals surface area (Å²) in [4.78, 5) is 24.6. The molecule has 0 heterocycles. The van der Waals surface area contributed by atoms with E-state index in [0.717, 1.165) is 44.9 Å². The number of carbonyl (C=O) groups excluding carboxylic acids is 2. The number of hydrogen-bond donors (Lipinski definition) is 0. The first kappa shape index (κ1) is 27.7. The van der Waals surface area contributed by atoms with Crippen molar-refractivity contribution >= 4 is 11.9 Å². The number of allylic oxidation sites excluding steroid dienone is 1. The van der Waals surface area contributed by atoms with Crippen molar-refractivity contribution < 1.29 is 19.1 Å². The maximum Gasteiger partial charge on any atom is 0.508 e. The molecule has 0 amide bonds. The number of rotatable bonds is 12. The van der Waals surface area contributed by atoms with E-state index in [1.807, 2.05) is 6.08 Å². The minimum atomic E-state index is -0.452. The number of ether oxygens (including phenoxy) is 2. The van der Waals surface area contributed by atoms with Crippen LogP contribution in [0, 0.1) is 28.6 Å². The predicted molar refractivity (Wildman–Crippen MR) is 145 cm³/mol. The molecule has 4 rings (SSSR count). The van der Waals surface area contributed by atoms with E-state index in [0.29, 0.717) is 36.6 Å². The van der Waals surface area contributed by atoms with E-state index in [4.69, 9.17) is 9.47 Å². The molecule has 4 aliphatic rings. The van der Waals surface area contributed by atoms with Crippen molar-refractivity contribution in [2.45, 2.75) is 142 Å². The van der Waals surface area contributed by atoms with E-state index in [-0.39, 0.29) is 16.9 Å². The van der Waals surface area contributed by atoms with Crippen molar-refractivity contribution in [1.29, 1.82) is 0 Å². The van der Waals surface area contributed by atoms with E-state index in [1.54, 1.807) is 0 Å². The third kappa shape index (κ3) is 6.04. The van der Waals surface area contributed by atoms with Gasteiger partial charge in [-0.3, -0.25) is 4.79 Å². The molecule has 3 saturated carbocycles. The normalized spacial score (nSPS) is 35.4. The summed E-state index contributed by atoms with van der Waals surface area (Å²) in [6, 6.07) is 0. The molecule has 0 aromatic heterocycles. The molecule has 3 fully saturated rings. The molecule has 6 unspecified atom stereocenters. The summed E-state index contributed by atoms with van der Waals surface area (Å²) in [6.45, 7) is 7.55. The molecule has 0 aromatic rings. The van der Waals surface area contributed by atoms with Gasteiger partial charge in [-0.05, 0) is 80.6 Å². The Morgan fingerprint density at radius 3 is 2.28 bits per heavy atom. The fourth-order valence-electron chi connectivity index (χ4n) is 8.60. The molecule has 0 spiro atoms. The van der Waals surface area contributed by atoms with Crippen LogP contribution in [-0.2, 0) is 14.3 Å². The Morgan fingerprint density at radius 1 is 0.861 bits per heavy atom. The van der Waals surface area contributed by atoms with Gasteiger partial charge >= 0.3 is 6.16 Å². The fraction of sp³-hybridized carbons (Fsp3) is 0.875. The van der Waals surface area contributed by atoms with Gasteiger partial charge in [0.15, 0.2) is 5.78 Å². The first-order valence-electron chi connectivity index (χ1n) is 15.5. The Labute approximate surface area is 220 Å². The van der Waals surface area contributed by atoms with Crippen LogP contribution in [-0.4, -0.2) is 24.6 Å². The van der Waals surface area contributed by atoms with Crippen LogP contribution in [0.15, 0.2) is 11.6 Å². The Morgan fingerprint density at radius 2 is 1.56 bits per heavy atom. The Hall–Kier alpha value is -1.32. The van der Waals surface area contributed by atoms with Crippen LogP contribution in [0.2, 0.25) is 0 Å². The average Bonchev–Trinajstić information content (AvgIpc) is 3.19. The molecule has 204 valence electrons.